The maximum Gasteiger partial charge on any atom is 0.411 e. The van der Waals surface area contributed by atoms with Crippen LogP contribution in [0.3, 0.4) is 0 Å². The predicted molar refractivity (Wildman–Crippen MR) is 95.0 cm³/mol. The zero-order chi connectivity index (χ0) is 16.4. The van der Waals surface area contributed by atoms with Gasteiger partial charge in [0.25, 0.3) is 0 Å². The molecule has 1 aromatic rings. The molecule has 1 saturated heterocycles. The van der Waals surface area contributed by atoms with Crippen molar-refractivity contribution in [3.05, 3.63) is 30.3 Å². The van der Waals surface area contributed by atoms with E-state index in [1.54, 1.807) is 0 Å². The largest absolute Gasteiger partial charge is 0.445 e. The van der Waals surface area contributed by atoms with Crippen molar-refractivity contribution in [3.8, 4) is 0 Å². The fourth-order valence-corrected chi connectivity index (χ4v) is 5.08. The van der Waals surface area contributed by atoms with Gasteiger partial charge in [-0.15, -0.1) is 0 Å². The Kier molecular flexibility index (Phi) is 4.74. The van der Waals surface area contributed by atoms with E-state index in [9.17, 15) is 4.79 Å². The Bertz CT molecular complexity index is 556. The van der Waals surface area contributed by atoms with Gasteiger partial charge in [-0.2, -0.15) is 0 Å². The lowest BCUT2D eigenvalue weighted by Gasteiger charge is -2.43. The van der Waals surface area contributed by atoms with Crippen LogP contribution in [-0.2, 0) is 4.74 Å². The number of anilines is 1. The van der Waals surface area contributed by atoms with Crippen molar-refractivity contribution in [1.29, 1.82) is 0 Å². The number of hydrogen-bond acceptors (Lipinski definition) is 3. The average molecular weight is 328 g/mol. The number of hydrogen-bond donors (Lipinski definition) is 1. The van der Waals surface area contributed by atoms with Crippen molar-refractivity contribution in [1.82, 2.24) is 4.90 Å². The fraction of sp³-hybridized carbons (Fsp3) is 0.650. The summed E-state index contributed by atoms with van der Waals surface area (Å²) in [5.74, 6) is 1.10. The van der Waals surface area contributed by atoms with Crippen molar-refractivity contribution in [2.45, 2.75) is 57.1 Å². The van der Waals surface area contributed by atoms with E-state index in [-0.39, 0.29) is 12.2 Å². The quantitative estimate of drug-likeness (QED) is 0.900. The number of para-hydroxylation sites is 1. The van der Waals surface area contributed by atoms with Crippen LogP contribution in [0.5, 0.6) is 0 Å². The second-order valence-corrected chi connectivity index (χ2v) is 7.60. The van der Waals surface area contributed by atoms with Gasteiger partial charge in [0.1, 0.15) is 6.10 Å². The molecule has 2 bridgehead atoms. The van der Waals surface area contributed by atoms with Crippen molar-refractivity contribution in [2.24, 2.45) is 11.8 Å². The average Bonchev–Trinajstić information content (AvgIpc) is 2.87. The molecule has 1 N–H and O–H groups in total. The molecule has 24 heavy (non-hydrogen) atoms. The summed E-state index contributed by atoms with van der Waals surface area (Å²) in [6.07, 6.45) is 8.77. The Morgan fingerprint density at radius 3 is 2.54 bits per heavy atom. The van der Waals surface area contributed by atoms with Crippen LogP contribution in [0, 0.1) is 11.8 Å². The minimum absolute atomic E-state index is 0.106. The third-order valence-corrected chi connectivity index (χ3v) is 6.21. The summed E-state index contributed by atoms with van der Waals surface area (Å²) in [6, 6.07) is 10.2. The molecule has 0 radical (unpaired) electrons. The van der Waals surface area contributed by atoms with Gasteiger partial charge in [0.05, 0.1) is 0 Å². The molecule has 2 saturated carbocycles. The molecule has 1 aromatic carbocycles. The molecular weight excluding hydrogens is 300 g/mol. The molecule has 0 spiro atoms. The molecule has 0 unspecified atom stereocenters. The van der Waals surface area contributed by atoms with Crippen LogP contribution < -0.4 is 5.32 Å². The topological polar surface area (TPSA) is 41.6 Å². The van der Waals surface area contributed by atoms with E-state index in [1.165, 1.54) is 58.0 Å². The Labute approximate surface area is 144 Å². The van der Waals surface area contributed by atoms with Crippen LogP contribution >= 0.6 is 0 Å². The second-order valence-electron chi connectivity index (χ2n) is 7.60. The molecule has 3 aliphatic rings. The van der Waals surface area contributed by atoms with Gasteiger partial charge in [0, 0.05) is 17.6 Å². The van der Waals surface area contributed by atoms with Crippen molar-refractivity contribution < 1.29 is 9.53 Å². The Balaban J connectivity index is 1.40. The highest BCUT2D eigenvalue weighted by Crippen LogP contribution is 2.46. The maximum atomic E-state index is 12.3. The minimum Gasteiger partial charge on any atom is -0.445 e. The van der Waals surface area contributed by atoms with Gasteiger partial charge < -0.3 is 4.74 Å². The van der Waals surface area contributed by atoms with Gasteiger partial charge in [-0.3, -0.25) is 10.2 Å². The smallest absolute Gasteiger partial charge is 0.411 e. The van der Waals surface area contributed by atoms with Crippen LogP contribution in [0.25, 0.3) is 0 Å². The first-order chi connectivity index (χ1) is 11.8. The van der Waals surface area contributed by atoms with Crippen LogP contribution in [0.2, 0.25) is 0 Å². The van der Waals surface area contributed by atoms with Gasteiger partial charge in [-0.1, -0.05) is 24.6 Å². The summed E-state index contributed by atoms with van der Waals surface area (Å²) in [7, 11) is 0. The van der Waals surface area contributed by atoms with E-state index < -0.39 is 0 Å². The van der Waals surface area contributed by atoms with Crippen molar-refractivity contribution in [2.75, 3.05) is 18.4 Å². The molecular formula is C20H28N2O2. The number of likely N-dealkylation sites (tertiary alicyclic amines) is 1. The molecule has 1 amide bonds. The van der Waals surface area contributed by atoms with Crippen LogP contribution in [0.4, 0.5) is 10.5 Å². The molecule has 4 heteroatoms. The molecule has 1 aliphatic heterocycles. The third-order valence-electron chi connectivity index (χ3n) is 6.21. The highest BCUT2D eigenvalue weighted by molar-refractivity contribution is 5.84. The minimum atomic E-state index is -0.289. The summed E-state index contributed by atoms with van der Waals surface area (Å²) < 4.78 is 5.93. The zero-order valence-corrected chi connectivity index (χ0v) is 14.3. The number of nitrogens with one attached hydrogen (secondary N) is 1. The van der Waals surface area contributed by atoms with E-state index in [0.29, 0.717) is 17.9 Å². The normalized spacial score (nSPS) is 33.2. The summed E-state index contributed by atoms with van der Waals surface area (Å²) >= 11 is 0. The number of carbonyl (C=O) groups is 1. The molecule has 4 rings (SSSR count). The number of benzene rings is 1. The highest BCUT2D eigenvalue weighted by atomic mass is 16.6. The van der Waals surface area contributed by atoms with Crippen LogP contribution in [0.1, 0.15) is 44.9 Å². The molecule has 4 nitrogen and oxygen atoms in total. The Hall–Kier alpha value is -1.55. The SMILES string of the molecule is O=C(Nc1ccccc1)O[C@H]1[C@H]2CC[C@@H]1[C@@H](N1CCCCC1)CC2. The highest BCUT2D eigenvalue weighted by Gasteiger charge is 2.48. The lowest BCUT2D eigenvalue weighted by molar-refractivity contribution is -0.0139. The first kappa shape index (κ1) is 15.9. The first-order valence-electron chi connectivity index (χ1n) is 9.58. The lowest BCUT2D eigenvalue weighted by atomic mass is 9.81. The van der Waals surface area contributed by atoms with E-state index >= 15 is 0 Å². The zero-order valence-electron chi connectivity index (χ0n) is 14.3. The Morgan fingerprint density at radius 1 is 1.00 bits per heavy atom. The van der Waals surface area contributed by atoms with E-state index in [0.717, 1.165) is 5.69 Å². The molecule has 1 heterocycles. The molecule has 2 aliphatic carbocycles. The lowest BCUT2D eigenvalue weighted by Crippen LogP contribution is -2.50. The number of fused-ring (bicyclic) bond motifs is 2. The van der Waals surface area contributed by atoms with Gasteiger partial charge in [-0.25, -0.2) is 4.79 Å². The predicted octanol–water partition coefficient (Wildman–Crippen LogP) is 4.28. The third kappa shape index (κ3) is 3.30. The monoisotopic (exact) mass is 328 g/mol. The Morgan fingerprint density at radius 2 is 1.75 bits per heavy atom. The van der Waals surface area contributed by atoms with Crippen molar-refractivity contribution in [3.63, 3.8) is 0 Å². The first-order valence-corrected chi connectivity index (χ1v) is 9.58. The molecule has 130 valence electrons. The summed E-state index contributed by atoms with van der Waals surface area (Å²) in [5.41, 5.74) is 0.804. The maximum absolute atomic E-state index is 12.3. The van der Waals surface area contributed by atoms with Gasteiger partial charge >= 0.3 is 6.09 Å². The van der Waals surface area contributed by atoms with Gasteiger partial charge in [-0.05, 0) is 69.7 Å². The van der Waals surface area contributed by atoms with E-state index in [4.69, 9.17) is 4.74 Å². The van der Waals surface area contributed by atoms with Crippen LogP contribution in [0.15, 0.2) is 30.3 Å². The summed E-state index contributed by atoms with van der Waals surface area (Å²) in [5, 5.41) is 2.88. The number of nitrogens with zero attached hydrogens (tertiary/aromatic N) is 1. The number of piperidine rings is 1. The summed E-state index contributed by atoms with van der Waals surface area (Å²) in [4.78, 5) is 15.0. The molecule has 4 atom stereocenters. The number of ether oxygens (including phenoxy) is 1. The van der Waals surface area contributed by atoms with Gasteiger partial charge in [0.15, 0.2) is 0 Å². The molecule has 0 aromatic heterocycles. The van der Waals surface area contributed by atoms with E-state index in [1.807, 2.05) is 30.3 Å². The van der Waals surface area contributed by atoms with Crippen LogP contribution in [-0.4, -0.2) is 36.2 Å². The number of rotatable bonds is 3. The second kappa shape index (κ2) is 7.14. The summed E-state index contributed by atoms with van der Waals surface area (Å²) in [6.45, 7) is 2.46. The number of carbonyl (C=O) groups excluding carboxylic acids is 1. The number of amides is 1. The van der Waals surface area contributed by atoms with E-state index in [2.05, 4.69) is 10.2 Å². The standard InChI is InChI=1S/C20H28N2O2/c23-20(21-16-7-3-1-4-8-16)24-19-15-9-11-17(19)18(12-10-15)22-13-5-2-6-14-22/h1,3-4,7-8,15,17-19H,2,5-6,9-14H2,(H,21,23)/t15-,17+,18-,19-/m0/s1. The fourth-order valence-electron chi connectivity index (χ4n) is 5.08. The van der Waals surface area contributed by atoms with Gasteiger partial charge in [0.2, 0.25) is 0 Å². The molecule has 3 fully saturated rings. The van der Waals surface area contributed by atoms with Crippen molar-refractivity contribution >= 4 is 11.8 Å².